The zero-order chi connectivity index (χ0) is 24.8. The SMILES string of the molecule is CCCCC(CC(=O)O)NC(=O)[C@@H]1CC[C@H](NC(=O)OCC2c3ccccc3-c3ccccc32)C1. The highest BCUT2D eigenvalue weighted by atomic mass is 16.5. The molecule has 1 fully saturated rings. The molecule has 1 saturated carbocycles. The molecule has 0 radical (unpaired) electrons. The Morgan fingerprint density at radius 1 is 1.03 bits per heavy atom. The molecular weight excluding hydrogens is 444 g/mol. The first kappa shape index (κ1) is 24.8. The molecule has 0 aliphatic heterocycles. The molecule has 3 atom stereocenters. The Bertz CT molecular complexity index is 1020. The highest BCUT2D eigenvalue weighted by Gasteiger charge is 2.33. The minimum Gasteiger partial charge on any atom is -0.481 e. The van der Waals surface area contributed by atoms with Gasteiger partial charge in [-0.3, -0.25) is 9.59 Å². The van der Waals surface area contributed by atoms with Crippen molar-refractivity contribution in [3.8, 4) is 11.1 Å². The van der Waals surface area contributed by atoms with Gasteiger partial charge in [0, 0.05) is 23.9 Å². The molecule has 2 amide bonds. The van der Waals surface area contributed by atoms with E-state index in [9.17, 15) is 14.4 Å². The molecule has 0 aromatic heterocycles. The molecule has 7 heteroatoms. The molecule has 0 saturated heterocycles. The third-order valence-corrected chi connectivity index (χ3v) is 7.14. The summed E-state index contributed by atoms with van der Waals surface area (Å²) in [5.74, 6) is -1.26. The summed E-state index contributed by atoms with van der Waals surface area (Å²) in [4.78, 5) is 36.4. The van der Waals surface area contributed by atoms with Gasteiger partial charge < -0.3 is 20.5 Å². The van der Waals surface area contributed by atoms with Gasteiger partial charge in [0.25, 0.3) is 0 Å². The van der Waals surface area contributed by atoms with Gasteiger partial charge in [0.05, 0.1) is 6.42 Å². The molecule has 2 aromatic rings. The summed E-state index contributed by atoms with van der Waals surface area (Å²) in [5.41, 5.74) is 4.69. The van der Waals surface area contributed by atoms with Gasteiger partial charge in [0.2, 0.25) is 5.91 Å². The lowest BCUT2D eigenvalue weighted by atomic mass is 9.98. The Morgan fingerprint density at radius 3 is 2.31 bits per heavy atom. The summed E-state index contributed by atoms with van der Waals surface area (Å²) in [7, 11) is 0. The smallest absolute Gasteiger partial charge is 0.407 e. The Morgan fingerprint density at radius 2 is 1.69 bits per heavy atom. The van der Waals surface area contributed by atoms with Crippen LogP contribution in [0.2, 0.25) is 0 Å². The number of hydrogen-bond acceptors (Lipinski definition) is 4. The number of carbonyl (C=O) groups excluding carboxylic acids is 2. The highest BCUT2D eigenvalue weighted by Crippen LogP contribution is 2.44. The predicted octanol–water partition coefficient (Wildman–Crippen LogP) is 4.84. The zero-order valence-corrected chi connectivity index (χ0v) is 20.2. The minimum absolute atomic E-state index is 0.00421. The van der Waals surface area contributed by atoms with Crippen LogP contribution in [0.15, 0.2) is 48.5 Å². The van der Waals surface area contributed by atoms with E-state index in [4.69, 9.17) is 9.84 Å². The first-order valence-electron chi connectivity index (χ1n) is 12.6. The summed E-state index contributed by atoms with van der Waals surface area (Å²) in [6.07, 6.45) is 3.82. The molecule has 0 spiro atoms. The average molecular weight is 479 g/mol. The number of alkyl carbamates (subject to hydrolysis) is 1. The molecule has 1 unspecified atom stereocenters. The topological polar surface area (TPSA) is 105 Å². The lowest BCUT2D eigenvalue weighted by molar-refractivity contribution is -0.137. The number of nitrogens with one attached hydrogen (secondary N) is 2. The van der Waals surface area contributed by atoms with E-state index in [1.54, 1.807) is 0 Å². The first-order chi connectivity index (χ1) is 17.0. The quantitative estimate of drug-likeness (QED) is 0.453. The van der Waals surface area contributed by atoms with Crippen molar-refractivity contribution in [1.29, 1.82) is 0 Å². The van der Waals surface area contributed by atoms with Crippen molar-refractivity contribution in [1.82, 2.24) is 10.6 Å². The summed E-state index contributed by atoms with van der Waals surface area (Å²) >= 11 is 0. The zero-order valence-electron chi connectivity index (χ0n) is 20.2. The number of unbranched alkanes of at least 4 members (excludes halogenated alkanes) is 1. The van der Waals surface area contributed by atoms with E-state index in [0.717, 1.165) is 24.0 Å². The summed E-state index contributed by atoms with van der Waals surface area (Å²) in [6, 6.07) is 15.9. The van der Waals surface area contributed by atoms with Crippen LogP contribution < -0.4 is 10.6 Å². The third kappa shape index (κ3) is 6.02. The lowest BCUT2D eigenvalue weighted by Gasteiger charge is -2.20. The van der Waals surface area contributed by atoms with E-state index in [1.807, 2.05) is 31.2 Å². The van der Waals surface area contributed by atoms with Gasteiger partial charge in [0.15, 0.2) is 0 Å². The van der Waals surface area contributed by atoms with Gasteiger partial charge in [-0.25, -0.2) is 4.79 Å². The maximum atomic E-state index is 12.7. The fourth-order valence-corrected chi connectivity index (χ4v) is 5.36. The normalized spacial score (nSPS) is 19.5. The number of rotatable bonds is 10. The predicted molar refractivity (Wildman–Crippen MR) is 133 cm³/mol. The van der Waals surface area contributed by atoms with E-state index in [-0.39, 0.29) is 42.9 Å². The highest BCUT2D eigenvalue weighted by molar-refractivity contribution is 5.81. The van der Waals surface area contributed by atoms with Gasteiger partial charge in [-0.1, -0.05) is 68.3 Å². The maximum absolute atomic E-state index is 12.7. The Hall–Kier alpha value is -3.35. The van der Waals surface area contributed by atoms with Gasteiger partial charge in [-0.05, 0) is 47.9 Å². The van der Waals surface area contributed by atoms with Crippen molar-refractivity contribution in [3.05, 3.63) is 59.7 Å². The molecule has 2 aliphatic rings. The number of fused-ring (bicyclic) bond motifs is 3. The van der Waals surface area contributed by atoms with Crippen molar-refractivity contribution in [3.63, 3.8) is 0 Å². The second kappa shape index (κ2) is 11.4. The van der Waals surface area contributed by atoms with E-state index in [2.05, 4.69) is 34.9 Å². The fourth-order valence-electron chi connectivity index (χ4n) is 5.36. The van der Waals surface area contributed by atoms with Crippen LogP contribution in [0.5, 0.6) is 0 Å². The number of aliphatic carboxylic acids is 1. The van der Waals surface area contributed by atoms with Crippen molar-refractivity contribution in [2.24, 2.45) is 5.92 Å². The molecule has 2 aromatic carbocycles. The van der Waals surface area contributed by atoms with Gasteiger partial charge in [0.1, 0.15) is 6.61 Å². The number of ether oxygens (including phenoxy) is 1. The van der Waals surface area contributed by atoms with Crippen molar-refractivity contribution in [2.45, 2.75) is 69.9 Å². The van der Waals surface area contributed by atoms with E-state index in [0.29, 0.717) is 25.7 Å². The van der Waals surface area contributed by atoms with Crippen LogP contribution in [0.1, 0.15) is 68.9 Å². The van der Waals surface area contributed by atoms with Crippen LogP contribution in [0, 0.1) is 5.92 Å². The minimum atomic E-state index is -0.910. The van der Waals surface area contributed by atoms with Crippen LogP contribution in [-0.4, -0.2) is 41.8 Å². The first-order valence-corrected chi connectivity index (χ1v) is 12.6. The molecular formula is C28H34N2O5. The monoisotopic (exact) mass is 478 g/mol. The average Bonchev–Trinajstić information content (AvgIpc) is 3.43. The Labute approximate surface area is 206 Å². The third-order valence-electron chi connectivity index (χ3n) is 7.14. The summed E-state index contributed by atoms with van der Waals surface area (Å²) in [6.45, 7) is 2.29. The number of carboxylic acid groups (broad SMARTS) is 1. The molecule has 3 N–H and O–H groups in total. The van der Waals surface area contributed by atoms with Crippen LogP contribution in [0.4, 0.5) is 4.79 Å². The van der Waals surface area contributed by atoms with E-state index in [1.165, 1.54) is 11.1 Å². The summed E-state index contributed by atoms with van der Waals surface area (Å²) in [5, 5.41) is 15.0. The summed E-state index contributed by atoms with van der Waals surface area (Å²) < 4.78 is 5.63. The largest absolute Gasteiger partial charge is 0.481 e. The second-order valence-corrected chi connectivity index (χ2v) is 9.62. The maximum Gasteiger partial charge on any atom is 0.407 e. The lowest BCUT2D eigenvalue weighted by Crippen LogP contribution is -2.40. The van der Waals surface area contributed by atoms with Crippen molar-refractivity contribution in [2.75, 3.05) is 6.61 Å². The molecule has 4 rings (SSSR count). The number of hydrogen-bond donors (Lipinski definition) is 3. The number of benzene rings is 2. The molecule has 35 heavy (non-hydrogen) atoms. The van der Waals surface area contributed by atoms with E-state index >= 15 is 0 Å². The van der Waals surface area contributed by atoms with E-state index < -0.39 is 12.1 Å². The number of carbonyl (C=O) groups is 3. The molecule has 186 valence electrons. The Balaban J connectivity index is 1.27. The van der Waals surface area contributed by atoms with Gasteiger partial charge in [-0.2, -0.15) is 0 Å². The van der Waals surface area contributed by atoms with Crippen LogP contribution in [-0.2, 0) is 14.3 Å². The molecule has 0 heterocycles. The van der Waals surface area contributed by atoms with Crippen LogP contribution in [0.3, 0.4) is 0 Å². The Kier molecular flexibility index (Phi) is 8.06. The molecule has 7 nitrogen and oxygen atoms in total. The standard InChI is InChI=1S/C28H34N2O5/c1-2-3-8-19(16-26(31)32)29-27(33)18-13-14-20(15-18)30-28(34)35-17-25-23-11-6-4-9-21(23)22-10-5-7-12-24(22)25/h4-7,9-12,18-20,25H,2-3,8,13-17H2,1H3,(H,29,33)(H,30,34)(H,31,32)/t18-,19?,20+/m1/s1. The van der Waals surface area contributed by atoms with Crippen LogP contribution in [0.25, 0.3) is 11.1 Å². The van der Waals surface area contributed by atoms with Gasteiger partial charge in [-0.15, -0.1) is 0 Å². The van der Waals surface area contributed by atoms with Crippen LogP contribution >= 0.6 is 0 Å². The number of carboxylic acids is 1. The van der Waals surface area contributed by atoms with Crippen molar-refractivity contribution < 1.29 is 24.2 Å². The van der Waals surface area contributed by atoms with Crippen molar-refractivity contribution >= 4 is 18.0 Å². The van der Waals surface area contributed by atoms with Gasteiger partial charge >= 0.3 is 12.1 Å². The molecule has 0 bridgehead atoms. The second-order valence-electron chi connectivity index (χ2n) is 9.62. The fraction of sp³-hybridized carbons (Fsp3) is 0.464. The number of amides is 2. The molecule has 2 aliphatic carbocycles.